The maximum atomic E-state index is 12.6. The Morgan fingerprint density at radius 3 is 2.10 bits per heavy atom. The second-order valence-electron chi connectivity index (χ2n) is 6.21. The summed E-state index contributed by atoms with van der Waals surface area (Å²) in [6.45, 7) is 8.51. The second kappa shape index (κ2) is 7.27. The van der Waals surface area contributed by atoms with Gasteiger partial charge >= 0.3 is 12.8 Å². The minimum absolute atomic E-state index is 0.139. The molecule has 0 saturated carbocycles. The molecule has 8 heteroatoms. The van der Waals surface area contributed by atoms with Gasteiger partial charge in [-0.3, -0.25) is 13.8 Å². The maximum Gasteiger partial charge on any atom is 0.393 e. The molecule has 0 rings (SSSR count). The molecule has 6 nitrogen and oxygen atoms in total. The molecule has 0 aliphatic rings. The molecule has 120 valence electrons. The Balaban J connectivity index is 4.61. The molecule has 0 aliphatic carbocycles. The van der Waals surface area contributed by atoms with Crippen LogP contribution in [0.5, 0.6) is 0 Å². The fourth-order valence-electron chi connectivity index (χ4n) is 1.00. The summed E-state index contributed by atoms with van der Waals surface area (Å²) in [5.74, 6) is -0.712. The van der Waals surface area contributed by atoms with Gasteiger partial charge in [-0.05, 0) is 48.5 Å². The second-order valence-corrected chi connectivity index (χ2v) is 10.1. The predicted molar refractivity (Wildman–Crippen MR) is 81.5 cm³/mol. The van der Waals surface area contributed by atoms with Crippen molar-refractivity contribution in [3.8, 4) is 0 Å². The lowest BCUT2D eigenvalue weighted by atomic mass is 10.1. The maximum absolute atomic E-state index is 12.6. The largest absolute Gasteiger partial charge is 0.453 e. The van der Waals surface area contributed by atoms with E-state index in [1.807, 2.05) is 0 Å². The lowest BCUT2D eigenvalue weighted by Gasteiger charge is -2.27. The quantitative estimate of drug-likeness (QED) is 0.436. The molecule has 0 aliphatic heterocycles. The Morgan fingerprint density at radius 1 is 1.25 bits per heavy atom. The van der Waals surface area contributed by atoms with Gasteiger partial charge in [-0.1, -0.05) is 0 Å². The van der Waals surface area contributed by atoms with Gasteiger partial charge in [0.15, 0.2) is 0 Å². The highest BCUT2D eigenvalue weighted by atomic mass is 32.7. The molecule has 0 aromatic heterocycles. The van der Waals surface area contributed by atoms with E-state index < -0.39 is 23.9 Å². The zero-order valence-corrected chi connectivity index (χ0v) is 15.0. The first-order valence-corrected chi connectivity index (χ1v) is 9.48. The van der Waals surface area contributed by atoms with E-state index in [4.69, 9.17) is 19.5 Å². The van der Waals surface area contributed by atoms with Crippen molar-refractivity contribution in [3.05, 3.63) is 0 Å². The van der Waals surface area contributed by atoms with Gasteiger partial charge in [0.1, 0.15) is 11.5 Å². The first-order valence-electron chi connectivity index (χ1n) is 6.35. The lowest BCUT2D eigenvalue weighted by molar-refractivity contribution is -0.146. The van der Waals surface area contributed by atoms with Crippen molar-refractivity contribution in [3.63, 3.8) is 0 Å². The number of hydrogen-bond acceptors (Lipinski definition) is 7. The van der Waals surface area contributed by atoms with Crippen LogP contribution >= 0.6 is 18.2 Å². The Bertz CT molecular complexity index is 373. The summed E-state index contributed by atoms with van der Waals surface area (Å²) in [7, 11) is 0. The van der Waals surface area contributed by atoms with Crippen molar-refractivity contribution in [2.75, 3.05) is 5.94 Å². The summed E-state index contributed by atoms with van der Waals surface area (Å²) < 4.78 is 28.4. The SMILES string of the molecule is CC(C)OP(=O)(OC(C)(C)C)SCOC(=O)C(C)(C)N. The zero-order chi connectivity index (χ0) is 16.2. The van der Waals surface area contributed by atoms with Crippen LogP contribution in [-0.2, 0) is 23.1 Å². The van der Waals surface area contributed by atoms with E-state index in [-0.39, 0.29) is 12.0 Å². The van der Waals surface area contributed by atoms with Crippen LogP contribution in [0.1, 0.15) is 48.5 Å². The molecule has 1 unspecified atom stereocenters. The molecule has 0 spiro atoms. The highest BCUT2D eigenvalue weighted by Gasteiger charge is 2.34. The molecule has 0 aromatic carbocycles. The van der Waals surface area contributed by atoms with E-state index in [1.165, 1.54) is 13.8 Å². The normalized spacial score (nSPS) is 16.1. The molecule has 0 bridgehead atoms. The van der Waals surface area contributed by atoms with Crippen LogP contribution in [0.15, 0.2) is 0 Å². The Morgan fingerprint density at radius 2 is 1.75 bits per heavy atom. The van der Waals surface area contributed by atoms with Gasteiger partial charge < -0.3 is 10.5 Å². The highest BCUT2D eigenvalue weighted by Crippen LogP contribution is 2.63. The molecule has 0 saturated heterocycles. The number of rotatable bonds is 7. The molecular formula is C12H26NO5PS. The van der Waals surface area contributed by atoms with Gasteiger partial charge in [0.05, 0.1) is 11.7 Å². The number of carbonyl (C=O) groups is 1. The van der Waals surface area contributed by atoms with Gasteiger partial charge in [-0.15, -0.1) is 0 Å². The van der Waals surface area contributed by atoms with Crippen LogP contribution in [0.3, 0.4) is 0 Å². The van der Waals surface area contributed by atoms with Crippen molar-refractivity contribution in [1.82, 2.24) is 0 Å². The van der Waals surface area contributed by atoms with Crippen LogP contribution in [0, 0.1) is 0 Å². The minimum atomic E-state index is -3.41. The van der Waals surface area contributed by atoms with Gasteiger partial charge in [-0.2, -0.15) is 0 Å². The molecule has 0 heterocycles. The number of esters is 1. The summed E-state index contributed by atoms with van der Waals surface area (Å²) in [6, 6.07) is 0. The van der Waals surface area contributed by atoms with Crippen LogP contribution in [0.25, 0.3) is 0 Å². The summed E-state index contributed by atoms with van der Waals surface area (Å²) in [5.41, 5.74) is 3.88. The van der Waals surface area contributed by atoms with Gasteiger partial charge in [-0.25, -0.2) is 4.57 Å². The average molecular weight is 327 g/mol. The van der Waals surface area contributed by atoms with Crippen molar-refractivity contribution in [2.45, 2.75) is 65.7 Å². The van der Waals surface area contributed by atoms with E-state index in [0.29, 0.717) is 0 Å². The Labute approximate surface area is 125 Å². The van der Waals surface area contributed by atoms with Gasteiger partial charge in [0, 0.05) is 11.4 Å². The molecule has 1 atom stereocenters. The van der Waals surface area contributed by atoms with Crippen molar-refractivity contribution >= 4 is 24.1 Å². The molecular weight excluding hydrogens is 301 g/mol. The van der Waals surface area contributed by atoms with Crippen LogP contribution in [-0.4, -0.2) is 29.2 Å². The van der Waals surface area contributed by atoms with Crippen molar-refractivity contribution < 1.29 is 23.1 Å². The van der Waals surface area contributed by atoms with E-state index >= 15 is 0 Å². The van der Waals surface area contributed by atoms with E-state index in [1.54, 1.807) is 34.6 Å². The number of ether oxygens (including phenoxy) is 1. The molecule has 2 N–H and O–H groups in total. The van der Waals surface area contributed by atoms with Crippen LogP contribution in [0.2, 0.25) is 0 Å². The molecule has 20 heavy (non-hydrogen) atoms. The highest BCUT2D eigenvalue weighted by molar-refractivity contribution is 8.55. The Hall–Kier alpha value is -0.0700. The van der Waals surface area contributed by atoms with Gasteiger partial charge in [0.2, 0.25) is 0 Å². The van der Waals surface area contributed by atoms with Crippen LogP contribution in [0.4, 0.5) is 0 Å². The third kappa shape index (κ3) is 8.97. The van der Waals surface area contributed by atoms with Crippen molar-refractivity contribution in [2.24, 2.45) is 5.73 Å². The molecule has 0 aromatic rings. The Kier molecular flexibility index (Phi) is 7.25. The summed E-state index contributed by atoms with van der Waals surface area (Å²) >= 11 is 0.836. The number of hydrogen-bond donors (Lipinski definition) is 1. The first kappa shape index (κ1) is 19.9. The lowest BCUT2D eigenvalue weighted by Crippen LogP contribution is -2.42. The molecule has 0 radical (unpaired) electrons. The zero-order valence-electron chi connectivity index (χ0n) is 13.3. The molecule has 0 amide bonds. The summed E-state index contributed by atoms with van der Waals surface area (Å²) in [5, 5.41) is 0. The number of nitrogens with two attached hydrogens (primary N) is 1. The van der Waals surface area contributed by atoms with E-state index in [9.17, 15) is 9.36 Å². The van der Waals surface area contributed by atoms with Crippen LogP contribution < -0.4 is 5.73 Å². The predicted octanol–water partition coefficient (Wildman–Crippen LogP) is 3.31. The first-order chi connectivity index (χ1) is 8.75. The topological polar surface area (TPSA) is 87.9 Å². The summed E-state index contributed by atoms with van der Waals surface area (Å²) in [4.78, 5) is 11.5. The fourth-order valence-corrected chi connectivity index (χ4v) is 4.71. The average Bonchev–Trinajstić information content (AvgIpc) is 2.10. The van der Waals surface area contributed by atoms with E-state index in [2.05, 4.69) is 0 Å². The van der Waals surface area contributed by atoms with Gasteiger partial charge in [0.25, 0.3) is 0 Å². The monoisotopic (exact) mass is 327 g/mol. The standard InChI is InChI=1S/C12H26NO5PS/c1-9(2)17-19(15,18-11(3,4)5)20-8-16-10(14)12(6,7)13/h9H,8,13H2,1-7H3. The smallest absolute Gasteiger partial charge is 0.393 e. The third-order valence-corrected chi connectivity index (χ3v) is 5.39. The van der Waals surface area contributed by atoms with Crippen molar-refractivity contribution in [1.29, 1.82) is 0 Å². The summed E-state index contributed by atoms with van der Waals surface area (Å²) in [6.07, 6.45) is -0.266. The molecule has 0 fully saturated rings. The number of carbonyl (C=O) groups excluding carboxylic acids is 1. The van der Waals surface area contributed by atoms with E-state index in [0.717, 1.165) is 11.4 Å². The minimum Gasteiger partial charge on any atom is -0.453 e. The third-order valence-electron chi connectivity index (χ3n) is 1.65. The fraction of sp³-hybridized carbons (Fsp3) is 0.917.